The Morgan fingerprint density at radius 1 is 1.00 bits per heavy atom. The van der Waals surface area contributed by atoms with E-state index in [2.05, 4.69) is 45.0 Å². The number of rotatable bonds is 6. The van der Waals surface area contributed by atoms with Crippen LogP contribution in [0, 0.1) is 0 Å². The molecule has 0 heterocycles. The van der Waals surface area contributed by atoms with E-state index in [4.69, 9.17) is 4.74 Å². The summed E-state index contributed by atoms with van der Waals surface area (Å²) in [7, 11) is 0. The van der Waals surface area contributed by atoms with Gasteiger partial charge in [-0.3, -0.25) is 0 Å². The van der Waals surface area contributed by atoms with Crippen molar-refractivity contribution < 1.29 is 14.6 Å². The SMILES string of the molecule is CC(C)(C)c1ccc(CC[C@@H](O)C(=O)OCc2ccccc2)cc1. The van der Waals surface area contributed by atoms with Crippen molar-refractivity contribution >= 4 is 5.97 Å². The highest BCUT2D eigenvalue weighted by molar-refractivity contribution is 5.74. The van der Waals surface area contributed by atoms with Gasteiger partial charge in [-0.15, -0.1) is 0 Å². The lowest BCUT2D eigenvalue weighted by atomic mass is 9.86. The maximum atomic E-state index is 11.9. The minimum absolute atomic E-state index is 0.124. The standard InChI is InChI=1S/C21H26O3/c1-21(2,3)18-12-9-16(10-13-18)11-14-19(22)20(23)24-15-17-7-5-4-6-8-17/h4-10,12-13,19,22H,11,14-15H2,1-3H3/t19-/m1/s1. The molecular weight excluding hydrogens is 300 g/mol. The quantitative estimate of drug-likeness (QED) is 0.816. The Hall–Kier alpha value is -2.13. The van der Waals surface area contributed by atoms with Crippen molar-refractivity contribution in [1.29, 1.82) is 0 Å². The molecule has 0 aliphatic carbocycles. The number of ether oxygens (including phenoxy) is 1. The monoisotopic (exact) mass is 326 g/mol. The zero-order chi connectivity index (χ0) is 17.6. The van der Waals surface area contributed by atoms with Gasteiger partial charge in [0.2, 0.25) is 0 Å². The first kappa shape index (κ1) is 18.2. The van der Waals surface area contributed by atoms with Gasteiger partial charge < -0.3 is 9.84 Å². The van der Waals surface area contributed by atoms with E-state index in [1.165, 1.54) is 5.56 Å². The summed E-state index contributed by atoms with van der Waals surface area (Å²) in [4.78, 5) is 11.9. The van der Waals surface area contributed by atoms with E-state index in [1.54, 1.807) is 0 Å². The van der Waals surface area contributed by atoms with Gasteiger partial charge in [0, 0.05) is 0 Å². The molecule has 1 N–H and O–H groups in total. The van der Waals surface area contributed by atoms with Crippen LogP contribution < -0.4 is 0 Å². The normalized spacial score (nSPS) is 12.7. The molecular formula is C21H26O3. The Bertz CT molecular complexity index is 639. The van der Waals surface area contributed by atoms with Crippen LogP contribution in [-0.4, -0.2) is 17.2 Å². The number of aliphatic hydroxyl groups excluding tert-OH is 1. The Balaban J connectivity index is 1.79. The molecule has 0 saturated carbocycles. The van der Waals surface area contributed by atoms with Crippen molar-refractivity contribution in [3.8, 4) is 0 Å². The number of aliphatic hydroxyl groups is 1. The highest BCUT2D eigenvalue weighted by atomic mass is 16.5. The predicted molar refractivity (Wildman–Crippen MR) is 95.7 cm³/mol. The van der Waals surface area contributed by atoms with Gasteiger partial charge in [0.05, 0.1) is 0 Å². The second kappa shape index (κ2) is 8.11. The van der Waals surface area contributed by atoms with Crippen LogP contribution in [0.25, 0.3) is 0 Å². The van der Waals surface area contributed by atoms with E-state index < -0.39 is 12.1 Å². The van der Waals surface area contributed by atoms with Crippen LogP contribution >= 0.6 is 0 Å². The van der Waals surface area contributed by atoms with Gasteiger partial charge in [0.1, 0.15) is 6.61 Å². The first-order valence-electron chi connectivity index (χ1n) is 8.34. The Labute approximate surface area is 144 Å². The second-order valence-electron chi connectivity index (χ2n) is 7.09. The number of carbonyl (C=O) groups is 1. The summed E-state index contributed by atoms with van der Waals surface area (Å²) in [6, 6.07) is 17.8. The first-order valence-corrected chi connectivity index (χ1v) is 8.34. The minimum atomic E-state index is -1.09. The van der Waals surface area contributed by atoms with Crippen LogP contribution in [0.3, 0.4) is 0 Å². The largest absolute Gasteiger partial charge is 0.459 e. The third-order valence-electron chi connectivity index (χ3n) is 4.02. The molecule has 3 nitrogen and oxygen atoms in total. The molecule has 0 unspecified atom stereocenters. The van der Waals surface area contributed by atoms with E-state index in [0.717, 1.165) is 11.1 Å². The fraction of sp³-hybridized carbons (Fsp3) is 0.381. The molecule has 0 fully saturated rings. The number of hydrogen-bond acceptors (Lipinski definition) is 3. The number of hydrogen-bond donors (Lipinski definition) is 1. The van der Waals surface area contributed by atoms with Gasteiger partial charge in [0.15, 0.2) is 6.10 Å². The molecule has 0 aromatic heterocycles. The molecule has 0 bridgehead atoms. The van der Waals surface area contributed by atoms with Crippen molar-refractivity contribution in [3.05, 3.63) is 71.3 Å². The van der Waals surface area contributed by atoms with E-state index in [0.29, 0.717) is 12.8 Å². The van der Waals surface area contributed by atoms with Crippen molar-refractivity contribution in [1.82, 2.24) is 0 Å². The van der Waals surface area contributed by atoms with E-state index in [1.807, 2.05) is 30.3 Å². The molecule has 1 atom stereocenters. The van der Waals surface area contributed by atoms with Crippen LogP contribution in [0.4, 0.5) is 0 Å². The van der Waals surface area contributed by atoms with Crippen molar-refractivity contribution in [2.24, 2.45) is 0 Å². The fourth-order valence-electron chi connectivity index (χ4n) is 2.42. The zero-order valence-electron chi connectivity index (χ0n) is 14.7. The molecule has 128 valence electrons. The molecule has 0 aliphatic rings. The summed E-state index contributed by atoms with van der Waals surface area (Å²) in [6.07, 6.45) is -0.0786. The highest BCUT2D eigenvalue weighted by Gasteiger charge is 2.17. The van der Waals surface area contributed by atoms with Crippen molar-refractivity contribution in [2.75, 3.05) is 0 Å². The van der Waals surface area contributed by atoms with Gasteiger partial charge in [-0.25, -0.2) is 4.79 Å². The maximum Gasteiger partial charge on any atom is 0.335 e. The van der Waals surface area contributed by atoms with E-state index >= 15 is 0 Å². The number of aryl methyl sites for hydroxylation is 1. The highest BCUT2D eigenvalue weighted by Crippen LogP contribution is 2.22. The fourth-order valence-corrected chi connectivity index (χ4v) is 2.42. The molecule has 2 aromatic carbocycles. The zero-order valence-corrected chi connectivity index (χ0v) is 14.7. The molecule has 0 saturated heterocycles. The van der Waals surface area contributed by atoms with Gasteiger partial charge in [0.25, 0.3) is 0 Å². The number of esters is 1. The lowest BCUT2D eigenvalue weighted by Crippen LogP contribution is -2.23. The second-order valence-corrected chi connectivity index (χ2v) is 7.09. The minimum Gasteiger partial charge on any atom is -0.459 e. The van der Waals surface area contributed by atoms with Gasteiger partial charge >= 0.3 is 5.97 Å². The molecule has 2 rings (SSSR count). The summed E-state index contributed by atoms with van der Waals surface area (Å²) < 4.78 is 5.15. The van der Waals surface area contributed by atoms with E-state index in [9.17, 15) is 9.90 Å². The topological polar surface area (TPSA) is 46.5 Å². The molecule has 0 spiro atoms. The molecule has 0 amide bonds. The lowest BCUT2D eigenvalue weighted by molar-refractivity contribution is -0.155. The number of benzene rings is 2. The van der Waals surface area contributed by atoms with Crippen LogP contribution in [0.5, 0.6) is 0 Å². The molecule has 0 aliphatic heterocycles. The summed E-state index contributed by atoms with van der Waals surface area (Å²) >= 11 is 0. The Morgan fingerprint density at radius 2 is 1.62 bits per heavy atom. The summed E-state index contributed by atoms with van der Waals surface area (Å²) in [6.45, 7) is 6.72. The summed E-state index contributed by atoms with van der Waals surface area (Å²) in [5.74, 6) is -0.565. The van der Waals surface area contributed by atoms with Crippen LogP contribution in [0.2, 0.25) is 0 Å². The lowest BCUT2D eigenvalue weighted by Gasteiger charge is -2.19. The van der Waals surface area contributed by atoms with Crippen LogP contribution in [-0.2, 0) is 28.0 Å². The molecule has 24 heavy (non-hydrogen) atoms. The third-order valence-corrected chi connectivity index (χ3v) is 4.02. The maximum absolute atomic E-state index is 11.9. The van der Waals surface area contributed by atoms with Crippen molar-refractivity contribution in [3.63, 3.8) is 0 Å². The smallest absolute Gasteiger partial charge is 0.335 e. The first-order chi connectivity index (χ1) is 11.4. The Kier molecular flexibility index (Phi) is 6.16. The molecule has 2 aromatic rings. The predicted octanol–water partition coefficient (Wildman–Crippen LogP) is 4.02. The average molecular weight is 326 g/mol. The summed E-state index contributed by atoms with van der Waals surface area (Å²) in [5, 5.41) is 9.97. The van der Waals surface area contributed by atoms with Crippen molar-refractivity contribution in [2.45, 2.75) is 51.7 Å². The average Bonchev–Trinajstić information content (AvgIpc) is 2.58. The van der Waals surface area contributed by atoms with Crippen LogP contribution in [0.1, 0.15) is 43.9 Å². The third kappa shape index (κ3) is 5.50. The molecule has 0 radical (unpaired) electrons. The van der Waals surface area contributed by atoms with E-state index in [-0.39, 0.29) is 12.0 Å². The van der Waals surface area contributed by atoms with Crippen LogP contribution in [0.15, 0.2) is 54.6 Å². The van der Waals surface area contributed by atoms with Gasteiger partial charge in [-0.1, -0.05) is 75.4 Å². The van der Waals surface area contributed by atoms with Gasteiger partial charge in [-0.2, -0.15) is 0 Å². The van der Waals surface area contributed by atoms with Gasteiger partial charge in [-0.05, 0) is 34.9 Å². The number of carbonyl (C=O) groups excluding carboxylic acids is 1. The molecule has 3 heteroatoms. The Morgan fingerprint density at radius 3 is 2.21 bits per heavy atom. The summed E-state index contributed by atoms with van der Waals surface area (Å²) in [5.41, 5.74) is 3.42.